The second-order valence-electron chi connectivity index (χ2n) is 4.86. The molecule has 0 unspecified atom stereocenters. The Morgan fingerprint density at radius 1 is 0.905 bits per heavy atom. The quantitative estimate of drug-likeness (QED) is 0.707. The third-order valence-corrected chi connectivity index (χ3v) is 6.00. The molecule has 21 heavy (non-hydrogen) atoms. The standard InChI is InChI=1S/C17H17Br2NO/c1-12(13-8-4-2-5-9-13)20-17(21)16(19)15(18)14-10-6-3-7-11-14/h2-12,15-16H,1H3,(H,20,21)/t12-,15+,16+/m0/s1. The fraction of sp³-hybridized carbons (Fsp3) is 0.235. The summed E-state index contributed by atoms with van der Waals surface area (Å²) in [5.41, 5.74) is 2.17. The molecule has 0 spiro atoms. The predicted octanol–water partition coefficient (Wildman–Crippen LogP) is 4.76. The summed E-state index contributed by atoms with van der Waals surface area (Å²) in [6.45, 7) is 1.98. The summed E-state index contributed by atoms with van der Waals surface area (Å²) < 4.78 is 0. The number of hydrogen-bond donors (Lipinski definition) is 1. The Morgan fingerprint density at radius 3 is 1.90 bits per heavy atom. The van der Waals surface area contributed by atoms with E-state index in [2.05, 4.69) is 37.2 Å². The topological polar surface area (TPSA) is 29.1 Å². The van der Waals surface area contributed by atoms with Crippen LogP contribution in [0.3, 0.4) is 0 Å². The van der Waals surface area contributed by atoms with Gasteiger partial charge in [-0.05, 0) is 18.1 Å². The van der Waals surface area contributed by atoms with Crippen LogP contribution in [-0.2, 0) is 4.79 Å². The Labute approximate surface area is 142 Å². The first-order chi connectivity index (χ1) is 10.1. The number of halogens is 2. The molecule has 0 saturated carbocycles. The molecule has 0 aliphatic heterocycles. The molecule has 0 aliphatic rings. The van der Waals surface area contributed by atoms with Gasteiger partial charge in [0.2, 0.25) is 5.91 Å². The SMILES string of the molecule is C[C@H](NC(=O)[C@H](Br)[C@H](Br)c1ccccc1)c1ccccc1. The van der Waals surface area contributed by atoms with Crippen LogP contribution in [0.5, 0.6) is 0 Å². The van der Waals surface area contributed by atoms with E-state index < -0.39 is 0 Å². The lowest BCUT2D eigenvalue weighted by Crippen LogP contribution is -2.35. The van der Waals surface area contributed by atoms with Crippen LogP contribution in [-0.4, -0.2) is 10.7 Å². The van der Waals surface area contributed by atoms with E-state index in [4.69, 9.17) is 0 Å². The van der Waals surface area contributed by atoms with E-state index in [1.807, 2.05) is 67.6 Å². The van der Waals surface area contributed by atoms with Crippen LogP contribution in [0, 0.1) is 0 Å². The maximum Gasteiger partial charge on any atom is 0.235 e. The van der Waals surface area contributed by atoms with Crippen molar-refractivity contribution in [2.75, 3.05) is 0 Å². The molecule has 1 amide bonds. The van der Waals surface area contributed by atoms with Gasteiger partial charge in [0.1, 0.15) is 4.83 Å². The Bertz CT molecular complexity index is 574. The number of benzene rings is 2. The highest BCUT2D eigenvalue weighted by Crippen LogP contribution is 2.31. The summed E-state index contributed by atoms with van der Waals surface area (Å²) in [7, 11) is 0. The van der Waals surface area contributed by atoms with Crippen LogP contribution < -0.4 is 5.32 Å². The molecule has 0 bridgehead atoms. The van der Waals surface area contributed by atoms with Crippen LogP contribution >= 0.6 is 31.9 Å². The summed E-state index contributed by atoms with van der Waals surface area (Å²) in [6.07, 6.45) is 0. The van der Waals surface area contributed by atoms with Gasteiger partial charge in [0.15, 0.2) is 0 Å². The van der Waals surface area contributed by atoms with Crippen LogP contribution in [0.4, 0.5) is 0 Å². The van der Waals surface area contributed by atoms with Crippen molar-refractivity contribution in [3.63, 3.8) is 0 Å². The molecular weight excluding hydrogens is 394 g/mol. The fourth-order valence-corrected chi connectivity index (χ4v) is 3.04. The van der Waals surface area contributed by atoms with Gasteiger partial charge in [-0.1, -0.05) is 92.5 Å². The number of nitrogens with one attached hydrogen (secondary N) is 1. The normalized spacial score (nSPS) is 15.0. The molecule has 3 atom stereocenters. The van der Waals surface area contributed by atoms with Crippen LogP contribution in [0.15, 0.2) is 60.7 Å². The third-order valence-electron chi connectivity index (χ3n) is 3.28. The van der Waals surface area contributed by atoms with Crippen molar-refractivity contribution in [2.24, 2.45) is 0 Å². The minimum absolute atomic E-state index is 0.0192. The number of amides is 1. The van der Waals surface area contributed by atoms with Gasteiger partial charge in [-0.25, -0.2) is 0 Å². The molecule has 2 aromatic carbocycles. The number of alkyl halides is 2. The van der Waals surface area contributed by atoms with E-state index in [0.29, 0.717) is 0 Å². The lowest BCUT2D eigenvalue weighted by Gasteiger charge is -2.20. The summed E-state index contributed by atoms with van der Waals surface area (Å²) in [5.74, 6) is -0.0305. The molecular formula is C17H17Br2NO. The molecule has 2 rings (SSSR count). The van der Waals surface area contributed by atoms with E-state index in [1.54, 1.807) is 0 Å². The summed E-state index contributed by atoms with van der Waals surface area (Å²) >= 11 is 7.08. The molecule has 2 nitrogen and oxygen atoms in total. The molecule has 110 valence electrons. The highest BCUT2D eigenvalue weighted by molar-refractivity contribution is 9.12. The van der Waals surface area contributed by atoms with Crippen molar-refractivity contribution in [1.82, 2.24) is 5.32 Å². The first-order valence-corrected chi connectivity index (χ1v) is 8.61. The molecule has 0 aliphatic carbocycles. The van der Waals surface area contributed by atoms with E-state index in [-0.39, 0.29) is 21.6 Å². The van der Waals surface area contributed by atoms with Gasteiger partial charge in [-0.15, -0.1) is 0 Å². The maximum atomic E-state index is 12.4. The second kappa shape index (κ2) is 7.76. The third kappa shape index (κ3) is 4.42. The first-order valence-electron chi connectivity index (χ1n) is 6.78. The van der Waals surface area contributed by atoms with Crippen LogP contribution in [0.25, 0.3) is 0 Å². The molecule has 4 heteroatoms. The Morgan fingerprint density at radius 2 is 1.38 bits per heavy atom. The Kier molecular flexibility index (Phi) is 6.00. The van der Waals surface area contributed by atoms with Crippen LogP contribution in [0.2, 0.25) is 0 Å². The summed E-state index contributed by atoms with van der Waals surface area (Å²) in [4.78, 5) is 12.0. The largest absolute Gasteiger partial charge is 0.349 e. The van der Waals surface area contributed by atoms with Crippen LogP contribution in [0.1, 0.15) is 28.9 Å². The molecule has 1 N–H and O–H groups in total. The predicted molar refractivity (Wildman–Crippen MR) is 93.8 cm³/mol. The first kappa shape index (κ1) is 16.2. The Balaban J connectivity index is 2.00. The summed E-state index contributed by atoms with van der Waals surface area (Å²) in [6, 6.07) is 19.8. The Hall–Kier alpha value is -1.13. The van der Waals surface area contributed by atoms with E-state index in [1.165, 1.54) is 0 Å². The van der Waals surface area contributed by atoms with Crippen molar-refractivity contribution < 1.29 is 4.79 Å². The molecule has 0 heterocycles. The molecule has 0 radical (unpaired) electrons. The lowest BCUT2D eigenvalue weighted by molar-refractivity contribution is -0.121. The van der Waals surface area contributed by atoms with Crippen molar-refractivity contribution in [3.8, 4) is 0 Å². The fourth-order valence-electron chi connectivity index (χ4n) is 2.06. The van der Waals surface area contributed by atoms with Gasteiger partial charge < -0.3 is 5.32 Å². The summed E-state index contributed by atoms with van der Waals surface area (Å²) in [5, 5.41) is 3.03. The zero-order chi connectivity index (χ0) is 15.2. The van der Waals surface area contributed by atoms with E-state index >= 15 is 0 Å². The van der Waals surface area contributed by atoms with Gasteiger partial charge in [-0.2, -0.15) is 0 Å². The smallest absolute Gasteiger partial charge is 0.235 e. The number of carbonyl (C=O) groups is 1. The number of carbonyl (C=O) groups excluding carboxylic acids is 1. The van der Waals surface area contributed by atoms with Crippen molar-refractivity contribution in [3.05, 3.63) is 71.8 Å². The molecule has 2 aromatic rings. The molecule has 0 fully saturated rings. The second-order valence-corrected chi connectivity index (χ2v) is 6.83. The highest BCUT2D eigenvalue weighted by atomic mass is 79.9. The molecule has 0 saturated heterocycles. The zero-order valence-electron chi connectivity index (χ0n) is 11.7. The monoisotopic (exact) mass is 409 g/mol. The molecule has 0 aromatic heterocycles. The van der Waals surface area contributed by atoms with E-state index in [9.17, 15) is 4.79 Å². The van der Waals surface area contributed by atoms with Crippen molar-refractivity contribution in [2.45, 2.75) is 22.6 Å². The minimum Gasteiger partial charge on any atom is -0.349 e. The number of hydrogen-bond acceptors (Lipinski definition) is 1. The van der Waals surface area contributed by atoms with Gasteiger partial charge in [-0.3, -0.25) is 4.79 Å². The van der Waals surface area contributed by atoms with Gasteiger partial charge >= 0.3 is 0 Å². The van der Waals surface area contributed by atoms with Gasteiger partial charge in [0, 0.05) is 0 Å². The average Bonchev–Trinajstić information content (AvgIpc) is 2.55. The highest BCUT2D eigenvalue weighted by Gasteiger charge is 2.25. The van der Waals surface area contributed by atoms with Gasteiger partial charge in [0.05, 0.1) is 10.9 Å². The lowest BCUT2D eigenvalue weighted by atomic mass is 10.1. The average molecular weight is 411 g/mol. The number of rotatable bonds is 5. The van der Waals surface area contributed by atoms with Crippen molar-refractivity contribution >= 4 is 37.8 Å². The maximum absolute atomic E-state index is 12.4. The van der Waals surface area contributed by atoms with E-state index in [0.717, 1.165) is 11.1 Å². The van der Waals surface area contributed by atoms with Crippen molar-refractivity contribution in [1.29, 1.82) is 0 Å². The minimum atomic E-state index is -0.328. The van der Waals surface area contributed by atoms with Gasteiger partial charge in [0.25, 0.3) is 0 Å². The zero-order valence-corrected chi connectivity index (χ0v) is 14.8.